The average molecular weight is 283 g/mol. The molecule has 0 fully saturated rings. The van der Waals surface area contributed by atoms with Crippen LogP contribution in [0.5, 0.6) is 5.75 Å². The molecule has 0 unspecified atom stereocenters. The molecule has 110 valence electrons. The quantitative estimate of drug-likeness (QED) is 0.785. The Kier molecular flexibility index (Phi) is 4.76. The highest BCUT2D eigenvalue weighted by Crippen LogP contribution is 2.31. The number of rotatable bonds is 5. The van der Waals surface area contributed by atoms with Crippen LogP contribution in [0.15, 0.2) is 42.5 Å². The standard InChI is InChI=1S/C18H21NO2/c1-13(20)15-8-9-18(21-4)17(11-15)16-7-5-6-14(10-16)12-19(2)3/h5-11H,12H2,1-4H3. The van der Waals surface area contributed by atoms with E-state index < -0.39 is 0 Å². The Bertz CT molecular complexity index is 647. The molecule has 3 heteroatoms. The highest BCUT2D eigenvalue weighted by Gasteiger charge is 2.10. The van der Waals surface area contributed by atoms with Crippen LogP contribution in [0.1, 0.15) is 22.8 Å². The summed E-state index contributed by atoms with van der Waals surface area (Å²) in [6.07, 6.45) is 0. The second-order valence-electron chi connectivity index (χ2n) is 5.41. The van der Waals surface area contributed by atoms with E-state index in [2.05, 4.69) is 17.0 Å². The summed E-state index contributed by atoms with van der Waals surface area (Å²) in [6, 6.07) is 13.9. The first kappa shape index (κ1) is 15.3. The van der Waals surface area contributed by atoms with E-state index in [0.717, 1.165) is 23.4 Å². The van der Waals surface area contributed by atoms with Crippen LogP contribution >= 0.6 is 0 Å². The maximum Gasteiger partial charge on any atom is 0.159 e. The molecule has 0 aliphatic rings. The van der Waals surface area contributed by atoms with Crippen LogP contribution in [0.25, 0.3) is 11.1 Å². The third kappa shape index (κ3) is 3.70. The Hall–Kier alpha value is -2.13. The van der Waals surface area contributed by atoms with E-state index in [4.69, 9.17) is 4.74 Å². The van der Waals surface area contributed by atoms with Crippen molar-refractivity contribution in [1.29, 1.82) is 0 Å². The van der Waals surface area contributed by atoms with Gasteiger partial charge in [0, 0.05) is 17.7 Å². The van der Waals surface area contributed by atoms with Gasteiger partial charge in [-0.15, -0.1) is 0 Å². The molecule has 0 atom stereocenters. The average Bonchev–Trinajstić information content (AvgIpc) is 2.46. The van der Waals surface area contributed by atoms with Crippen molar-refractivity contribution in [3.05, 3.63) is 53.6 Å². The molecule has 0 saturated heterocycles. The minimum Gasteiger partial charge on any atom is -0.496 e. The van der Waals surface area contributed by atoms with Gasteiger partial charge in [0.25, 0.3) is 0 Å². The Morgan fingerprint density at radius 2 is 1.90 bits per heavy atom. The minimum absolute atomic E-state index is 0.0587. The SMILES string of the molecule is COc1ccc(C(C)=O)cc1-c1cccc(CN(C)C)c1. The molecule has 0 bridgehead atoms. The van der Waals surface area contributed by atoms with E-state index in [1.165, 1.54) is 5.56 Å². The number of ether oxygens (including phenoxy) is 1. The molecule has 21 heavy (non-hydrogen) atoms. The molecule has 2 rings (SSSR count). The van der Waals surface area contributed by atoms with Crippen molar-refractivity contribution in [2.24, 2.45) is 0 Å². The molecule has 2 aromatic carbocycles. The molecule has 3 nitrogen and oxygen atoms in total. The summed E-state index contributed by atoms with van der Waals surface area (Å²) >= 11 is 0. The first-order chi connectivity index (χ1) is 10.0. The predicted octanol–water partition coefficient (Wildman–Crippen LogP) is 3.63. The first-order valence-electron chi connectivity index (χ1n) is 6.94. The van der Waals surface area contributed by atoms with Gasteiger partial charge in [-0.3, -0.25) is 4.79 Å². The van der Waals surface area contributed by atoms with Crippen LogP contribution in [0.4, 0.5) is 0 Å². The van der Waals surface area contributed by atoms with Crippen LogP contribution in [0.3, 0.4) is 0 Å². The third-order valence-electron chi connectivity index (χ3n) is 3.34. The molecule has 0 aliphatic carbocycles. The molecule has 0 aromatic heterocycles. The molecule has 0 radical (unpaired) electrons. The van der Waals surface area contributed by atoms with Gasteiger partial charge in [-0.05, 0) is 56.4 Å². The van der Waals surface area contributed by atoms with Gasteiger partial charge in [0.15, 0.2) is 5.78 Å². The number of methoxy groups -OCH3 is 1. The number of hydrogen-bond donors (Lipinski definition) is 0. The zero-order valence-electron chi connectivity index (χ0n) is 13.0. The Morgan fingerprint density at radius 3 is 2.52 bits per heavy atom. The summed E-state index contributed by atoms with van der Waals surface area (Å²) in [6.45, 7) is 2.45. The molecule has 0 heterocycles. The van der Waals surface area contributed by atoms with Crippen LogP contribution < -0.4 is 4.74 Å². The molecular weight excluding hydrogens is 262 g/mol. The molecular formula is C18H21NO2. The lowest BCUT2D eigenvalue weighted by atomic mass is 9.99. The van der Waals surface area contributed by atoms with Crippen molar-refractivity contribution in [3.63, 3.8) is 0 Å². The zero-order chi connectivity index (χ0) is 15.4. The van der Waals surface area contributed by atoms with E-state index in [1.54, 1.807) is 20.1 Å². The van der Waals surface area contributed by atoms with Gasteiger partial charge in [-0.1, -0.05) is 18.2 Å². The number of benzene rings is 2. The van der Waals surface area contributed by atoms with Gasteiger partial charge in [0.2, 0.25) is 0 Å². The summed E-state index contributed by atoms with van der Waals surface area (Å²) in [5.74, 6) is 0.838. The van der Waals surface area contributed by atoms with Gasteiger partial charge in [0.1, 0.15) is 5.75 Å². The topological polar surface area (TPSA) is 29.5 Å². The fraction of sp³-hybridized carbons (Fsp3) is 0.278. The second kappa shape index (κ2) is 6.55. The van der Waals surface area contributed by atoms with Gasteiger partial charge >= 0.3 is 0 Å². The number of hydrogen-bond acceptors (Lipinski definition) is 3. The monoisotopic (exact) mass is 283 g/mol. The molecule has 0 aliphatic heterocycles. The summed E-state index contributed by atoms with van der Waals surface area (Å²) in [4.78, 5) is 13.7. The summed E-state index contributed by atoms with van der Waals surface area (Å²) in [7, 11) is 5.74. The zero-order valence-corrected chi connectivity index (χ0v) is 13.0. The number of nitrogens with zero attached hydrogens (tertiary/aromatic N) is 1. The normalized spacial score (nSPS) is 10.7. The van der Waals surface area contributed by atoms with Crippen molar-refractivity contribution in [2.75, 3.05) is 21.2 Å². The van der Waals surface area contributed by atoms with Gasteiger partial charge in [-0.2, -0.15) is 0 Å². The number of carbonyl (C=O) groups is 1. The van der Waals surface area contributed by atoms with E-state index in [0.29, 0.717) is 5.56 Å². The maximum atomic E-state index is 11.6. The molecule has 2 aromatic rings. The van der Waals surface area contributed by atoms with Crippen LogP contribution in [-0.2, 0) is 6.54 Å². The fourth-order valence-corrected chi connectivity index (χ4v) is 2.35. The number of Topliss-reactive ketones (excluding diaryl/α,β-unsaturated/α-hetero) is 1. The highest BCUT2D eigenvalue weighted by molar-refractivity contribution is 5.96. The lowest BCUT2D eigenvalue weighted by Gasteiger charge is -2.13. The largest absolute Gasteiger partial charge is 0.496 e. The van der Waals surface area contributed by atoms with Crippen molar-refractivity contribution < 1.29 is 9.53 Å². The molecule has 0 amide bonds. The maximum absolute atomic E-state index is 11.6. The second-order valence-corrected chi connectivity index (χ2v) is 5.41. The summed E-state index contributed by atoms with van der Waals surface area (Å²) in [5.41, 5.74) is 3.94. The Balaban J connectivity index is 2.49. The molecule has 0 saturated carbocycles. The van der Waals surface area contributed by atoms with E-state index in [-0.39, 0.29) is 5.78 Å². The lowest BCUT2D eigenvalue weighted by molar-refractivity contribution is 0.101. The lowest BCUT2D eigenvalue weighted by Crippen LogP contribution is -2.10. The number of ketones is 1. The van der Waals surface area contributed by atoms with Crippen molar-refractivity contribution >= 4 is 5.78 Å². The third-order valence-corrected chi connectivity index (χ3v) is 3.34. The van der Waals surface area contributed by atoms with E-state index in [1.807, 2.05) is 38.4 Å². The summed E-state index contributed by atoms with van der Waals surface area (Å²) < 4.78 is 5.43. The van der Waals surface area contributed by atoms with E-state index >= 15 is 0 Å². The van der Waals surface area contributed by atoms with Gasteiger partial charge < -0.3 is 9.64 Å². The van der Waals surface area contributed by atoms with Crippen LogP contribution in [0.2, 0.25) is 0 Å². The molecule has 0 N–H and O–H groups in total. The highest BCUT2D eigenvalue weighted by atomic mass is 16.5. The predicted molar refractivity (Wildman–Crippen MR) is 85.8 cm³/mol. The molecule has 0 spiro atoms. The van der Waals surface area contributed by atoms with Crippen molar-refractivity contribution in [3.8, 4) is 16.9 Å². The van der Waals surface area contributed by atoms with Crippen LogP contribution in [0, 0.1) is 0 Å². The summed E-state index contributed by atoms with van der Waals surface area (Å²) in [5, 5.41) is 0. The van der Waals surface area contributed by atoms with Gasteiger partial charge in [0.05, 0.1) is 7.11 Å². The van der Waals surface area contributed by atoms with Crippen molar-refractivity contribution in [1.82, 2.24) is 4.90 Å². The smallest absolute Gasteiger partial charge is 0.159 e. The van der Waals surface area contributed by atoms with Crippen molar-refractivity contribution in [2.45, 2.75) is 13.5 Å². The van der Waals surface area contributed by atoms with Gasteiger partial charge in [-0.25, -0.2) is 0 Å². The Labute approximate surface area is 126 Å². The minimum atomic E-state index is 0.0587. The first-order valence-corrected chi connectivity index (χ1v) is 6.94. The fourth-order valence-electron chi connectivity index (χ4n) is 2.35. The van der Waals surface area contributed by atoms with E-state index in [9.17, 15) is 4.79 Å². The van der Waals surface area contributed by atoms with Crippen LogP contribution in [-0.4, -0.2) is 31.9 Å². The Morgan fingerprint density at radius 1 is 1.14 bits per heavy atom. The number of carbonyl (C=O) groups excluding carboxylic acids is 1.